The lowest BCUT2D eigenvalue weighted by molar-refractivity contribution is 1.24. The Hall–Kier alpha value is -2.74. The van der Waals surface area contributed by atoms with Crippen molar-refractivity contribution in [3.63, 3.8) is 0 Å². The van der Waals surface area contributed by atoms with Crippen LogP contribution in [0.2, 0.25) is 0 Å². The third kappa shape index (κ3) is 2.96. The van der Waals surface area contributed by atoms with Crippen molar-refractivity contribution in [3.8, 4) is 0 Å². The highest BCUT2D eigenvalue weighted by Crippen LogP contribution is 2.15. The van der Waals surface area contributed by atoms with E-state index in [1.807, 2.05) is 61.8 Å². The second-order valence-corrected chi connectivity index (χ2v) is 5.26. The molecule has 0 aliphatic rings. The van der Waals surface area contributed by atoms with Crippen molar-refractivity contribution in [2.45, 2.75) is 13.8 Å². The molecule has 0 atom stereocenters. The van der Waals surface area contributed by atoms with Crippen LogP contribution in [0.15, 0.2) is 73.1 Å². The van der Waals surface area contributed by atoms with Gasteiger partial charge in [-0.2, -0.15) is 0 Å². The van der Waals surface area contributed by atoms with E-state index in [2.05, 4.69) is 35.1 Å². The van der Waals surface area contributed by atoms with Crippen LogP contribution in [0.3, 0.4) is 0 Å². The molecule has 4 aromatic rings. The lowest BCUT2D eigenvalue weighted by atomic mass is 10.1. The lowest BCUT2D eigenvalue weighted by Gasteiger charge is -1.97. The molecule has 2 heteroatoms. The number of pyridine rings is 2. The van der Waals surface area contributed by atoms with Gasteiger partial charge >= 0.3 is 0 Å². The first kappa shape index (κ1) is 14.2. The summed E-state index contributed by atoms with van der Waals surface area (Å²) in [5.41, 5.74) is 3.46. The molecule has 0 radical (unpaired) electrons. The predicted molar refractivity (Wildman–Crippen MR) is 93.0 cm³/mol. The number of nitrogens with zero attached hydrogens (tertiary/aromatic N) is 2. The van der Waals surface area contributed by atoms with Crippen LogP contribution in [0.5, 0.6) is 0 Å². The quantitative estimate of drug-likeness (QED) is 0.450. The Bertz CT molecular complexity index is 825. The second-order valence-electron chi connectivity index (χ2n) is 5.26. The molecule has 2 aromatic heterocycles. The minimum atomic E-state index is 1.08. The average molecular weight is 286 g/mol. The molecular weight excluding hydrogens is 268 g/mol. The Labute approximate surface area is 130 Å². The van der Waals surface area contributed by atoms with E-state index in [1.54, 1.807) is 0 Å². The van der Waals surface area contributed by atoms with Gasteiger partial charge in [0.1, 0.15) is 0 Å². The maximum absolute atomic E-state index is 4.24. The highest BCUT2D eigenvalue weighted by Gasteiger charge is 1.94. The SMILES string of the molecule is Cc1ccnc2ccccc12.Cc1nccc2ccccc12. The second kappa shape index (κ2) is 6.35. The minimum absolute atomic E-state index is 1.08. The van der Waals surface area contributed by atoms with Gasteiger partial charge in [-0.1, -0.05) is 42.5 Å². The maximum atomic E-state index is 4.24. The summed E-state index contributed by atoms with van der Waals surface area (Å²) in [6.07, 6.45) is 3.69. The molecule has 0 bridgehead atoms. The Kier molecular flexibility index (Phi) is 4.10. The molecule has 2 heterocycles. The fourth-order valence-corrected chi connectivity index (χ4v) is 2.51. The Balaban J connectivity index is 0.000000131. The van der Waals surface area contributed by atoms with Gasteiger partial charge in [0.2, 0.25) is 0 Å². The number of hydrogen-bond acceptors (Lipinski definition) is 2. The molecule has 108 valence electrons. The zero-order valence-corrected chi connectivity index (χ0v) is 12.8. The first-order valence-corrected chi connectivity index (χ1v) is 7.36. The highest BCUT2D eigenvalue weighted by atomic mass is 14.7. The number of benzene rings is 2. The molecule has 0 amide bonds. The lowest BCUT2D eigenvalue weighted by Crippen LogP contribution is -1.80. The van der Waals surface area contributed by atoms with Crippen LogP contribution in [0, 0.1) is 13.8 Å². The van der Waals surface area contributed by atoms with Crippen LogP contribution in [0.4, 0.5) is 0 Å². The monoisotopic (exact) mass is 286 g/mol. The summed E-state index contributed by atoms with van der Waals surface area (Å²) in [6, 6.07) is 20.5. The molecule has 4 rings (SSSR count). The van der Waals surface area contributed by atoms with Gasteiger partial charge in [-0.3, -0.25) is 9.97 Å². The Morgan fingerprint density at radius 2 is 1.32 bits per heavy atom. The van der Waals surface area contributed by atoms with Crippen LogP contribution in [0.25, 0.3) is 21.7 Å². The van der Waals surface area contributed by atoms with Crippen LogP contribution < -0.4 is 0 Å². The molecule has 0 aliphatic carbocycles. The third-order valence-electron chi connectivity index (χ3n) is 3.74. The van der Waals surface area contributed by atoms with Crippen molar-refractivity contribution in [1.82, 2.24) is 9.97 Å². The van der Waals surface area contributed by atoms with Gasteiger partial charge in [-0.25, -0.2) is 0 Å². The molecule has 0 saturated heterocycles. The van der Waals surface area contributed by atoms with E-state index in [0.717, 1.165) is 11.2 Å². The van der Waals surface area contributed by atoms with Crippen molar-refractivity contribution in [3.05, 3.63) is 84.3 Å². The van der Waals surface area contributed by atoms with Gasteiger partial charge in [0.25, 0.3) is 0 Å². The van der Waals surface area contributed by atoms with Gasteiger partial charge in [-0.15, -0.1) is 0 Å². The molecule has 0 spiro atoms. The first-order chi connectivity index (χ1) is 10.8. The normalized spacial score (nSPS) is 10.3. The van der Waals surface area contributed by atoms with Crippen molar-refractivity contribution in [2.24, 2.45) is 0 Å². The first-order valence-electron chi connectivity index (χ1n) is 7.36. The summed E-state index contributed by atoms with van der Waals surface area (Å²) in [7, 11) is 0. The topological polar surface area (TPSA) is 25.8 Å². The number of rotatable bonds is 0. The fraction of sp³-hybridized carbons (Fsp3) is 0.100. The molecule has 0 aliphatic heterocycles. The molecule has 0 fully saturated rings. The number of aryl methyl sites for hydroxylation is 2. The molecule has 2 aromatic carbocycles. The van der Waals surface area contributed by atoms with Crippen molar-refractivity contribution >= 4 is 21.7 Å². The van der Waals surface area contributed by atoms with Gasteiger partial charge in [0, 0.05) is 28.9 Å². The van der Waals surface area contributed by atoms with E-state index in [9.17, 15) is 0 Å². The third-order valence-corrected chi connectivity index (χ3v) is 3.74. The fourth-order valence-electron chi connectivity index (χ4n) is 2.51. The summed E-state index contributed by atoms with van der Waals surface area (Å²) in [6.45, 7) is 4.13. The van der Waals surface area contributed by atoms with E-state index in [1.165, 1.54) is 21.7 Å². The Morgan fingerprint density at radius 1 is 0.636 bits per heavy atom. The largest absolute Gasteiger partial charge is 0.261 e. The molecule has 2 nitrogen and oxygen atoms in total. The average Bonchev–Trinajstić information content (AvgIpc) is 2.57. The summed E-state index contributed by atoms with van der Waals surface area (Å²) in [4.78, 5) is 8.45. The number of hydrogen-bond donors (Lipinski definition) is 0. The molecule has 0 unspecified atom stereocenters. The Morgan fingerprint density at radius 3 is 2.09 bits per heavy atom. The zero-order chi connectivity index (χ0) is 15.4. The van der Waals surface area contributed by atoms with Gasteiger partial charge < -0.3 is 0 Å². The molecule has 22 heavy (non-hydrogen) atoms. The highest BCUT2D eigenvalue weighted by molar-refractivity contribution is 5.84. The van der Waals surface area contributed by atoms with Crippen molar-refractivity contribution in [1.29, 1.82) is 0 Å². The van der Waals surface area contributed by atoms with Crippen molar-refractivity contribution < 1.29 is 0 Å². The van der Waals surface area contributed by atoms with Crippen LogP contribution in [0.1, 0.15) is 11.3 Å². The number of para-hydroxylation sites is 1. The van der Waals surface area contributed by atoms with E-state index < -0.39 is 0 Å². The minimum Gasteiger partial charge on any atom is -0.261 e. The summed E-state index contributed by atoms with van der Waals surface area (Å²) < 4.78 is 0. The summed E-state index contributed by atoms with van der Waals surface area (Å²) in [5.74, 6) is 0. The van der Waals surface area contributed by atoms with E-state index in [-0.39, 0.29) is 0 Å². The van der Waals surface area contributed by atoms with Crippen LogP contribution >= 0.6 is 0 Å². The summed E-state index contributed by atoms with van der Waals surface area (Å²) >= 11 is 0. The van der Waals surface area contributed by atoms with Crippen LogP contribution in [-0.2, 0) is 0 Å². The number of aromatic nitrogens is 2. The van der Waals surface area contributed by atoms with E-state index in [4.69, 9.17) is 0 Å². The smallest absolute Gasteiger partial charge is 0.0704 e. The summed E-state index contributed by atoms with van der Waals surface area (Å²) in [5, 5.41) is 3.75. The molecule has 0 saturated carbocycles. The van der Waals surface area contributed by atoms with E-state index in [0.29, 0.717) is 0 Å². The van der Waals surface area contributed by atoms with Crippen LogP contribution in [-0.4, -0.2) is 9.97 Å². The molecule has 0 N–H and O–H groups in total. The van der Waals surface area contributed by atoms with Crippen molar-refractivity contribution in [2.75, 3.05) is 0 Å². The molecular formula is C20H18N2. The van der Waals surface area contributed by atoms with E-state index >= 15 is 0 Å². The maximum Gasteiger partial charge on any atom is 0.0704 e. The predicted octanol–water partition coefficient (Wildman–Crippen LogP) is 5.09. The standard InChI is InChI=1S/2C10H9N/c1-8-10-5-3-2-4-9(10)6-7-11-8;1-8-6-7-11-10-5-3-2-4-9(8)10/h2*2-7H,1H3. The van der Waals surface area contributed by atoms with Gasteiger partial charge in [0.05, 0.1) is 5.52 Å². The number of fused-ring (bicyclic) bond motifs is 2. The van der Waals surface area contributed by atoms with Gasteiger partial charge in [-0.05, 0) is 43.0 Å². The zero-order valence-electron chi connectivity index (χ0n) is 12.8. The van der Waals surface area contributed by atoms with Gasteiger partial charge in [0.15, 0.2) is 0 Å².